The number of rotatable bonds is 5. The number of amides is 1. The summed E-state index contributed by atoms with van der Waals surface area (Å²) < 4.78 is 1.82. The fourth-order valence-corrected chi connectivity index (χ4v) is 8.67. The van der Waals surface area contributed by atoms with Gasteiger partial charge < -0.3 is 5.32 Å². The summed E-state index contributed by atoms with van der Waals surface area (Å²) in [6.07, 6.45) is 22.5. The van der Waals surface area contributed by atoms with Crippen LogP contribution in [0.5, 0.6) is 0 Å². The van der Waals surface area contributed by atoms with E-state index in [2.05, 4.69) is 263 Å². The first-order chi connectivity index (χ1) is 51.8. The number of fused-ring (bicyclic) bond motifs is 2. The molecule has 1 aromatic carbocycles. The van der Waals surface area contributed by atoms with Crippen LogP contribution in [0, 0.1) is 0 Å². The average Bonchev–Trinajstić information content (AvgIpc) is 1.64. The molecule has 9 heterocycles. The lowest BCUT2D eigenvalue weighted by Crippen LogP contribution is -2.26. The molecule has 1 amide bonds. The Balaban J connectivity index is -0.000000210. The van der Waals surface area contributed by atoms with E-state index >= 15 is 0 Å². The first-order valence-electron chi connectivity index (χ1n) is 41.8. The molecule has 1 aliphatic carbocycles. The molecule has 14 nitrogen and oxygen atoms in total. The Bertz CT molecular complexity index is 3060. The van der Waals surface area contributed by atoms with Crippen LogP contribution < -0.4 is 5.32 Å². The molecule has 1 aliphatic heterocycles. The number of H-pyrrole nitrogens is 3. The van der Waals surface area contributed by atoms with Gasteiger partial charge in [0.2, 0.25) is 5.91 Å². The van der Waals surface area contributed by atoms with Gasteiger partial charge in [0.05, 0.1) is 11.9 Å². The summed E-state index contributed by atoms with van der Waals surface area (Å²) in [5, 5.41) is 27.5. The highest BCUT2D eigenvalue weighted by molar-refractivity contribution is 5.76. The quantitative estimate of drug-likeness (QED) is 0.130. The summed E-state index contributed by atoms with van der Waals surface area (Å²) >= 11 is 0. The minimum absolute atomic E-state index is 0.0576. The van der Waals surface area contributed by atoms with Crippen LogP contribution in [0.15, 0.2) is 159 Å². The molecule has 14 heteroatoms. The van der Waals surface area contributed by atoms with Crippen LogP contribution >= 0.6 is 0 Å². The average molecular weight is 1510 g/mol. The first-order valence-corrected chi connectivity index (χ1v) is 41.8. The van der Waals surface area contributed by atoms with E-state index in [0.717, 1.165) is 30.0 Å². The third-order valence-electron chi connectivity index (χ3n) is 14.9. The zero-order chi connectivity index (χ0) is 85.8. The molecule has 0 fully saturated rings. The lowest BCUT2D eigenvalue weighted by atomic mass is 9.87. The topological polar surface area (TPSA) is 185 Å². The molecule has 0 unspecified atom stereocenters. The van der Waals surface area contributed by atoms with E-state index in [1.165, 1.54) is 76.3 Å². The van der Waals surface area contributed by atoms with Crippen molar-refractivity contribution in [3.63, 3.8) is 0 Å². The van der Waals surface area contributed by atoms with Crippen molar-refractivity contribution in [3.8, 4) is 0 Å². The van der Waals surface area contributed by atoms with Gasteiger partial charge in [0.1, 0.15) is 6.54 Å². The standard InChI is InChI=1S/C12H17N.C10H15N3O.C10H14.3C8H11N.3C7H12N2.9C2H6/c1-9(2)11-8-7-10-5-3-4-6-12(10)13-11;1-7(2)9-5-8-3-4-11-10(14)6-13(8)12-9;1-10(2,3)9-7-5-4-6-8-9;1-7(2)8-3-5-9-6-4-8;1-7(2)8-4-3-5-9-6-8;1-7(2)8-5-3-4-6-9-8;1-7(2,3)6-4-8-9-5-6;2*1-7(2,3)6-4-5-8-9-6;9*1-2/h7-9H,3-6H2,1-2H3;5,7H,3-4,6H2,1-2H3,(H,11,14);4-8H,1-3H3;3*3-7H,1-2H3;3*4-5H,1-3H3,(H,8,9);9*1-2H3. The number of nitrogens with zero attached hydrogens (tertiary/aromatic N) is 9. The number of carbonyl (C=O) groups is 1. The van der Waals surface area contributed by atoms with Crippen molar-refractivity contribution in [2.75, 3.05) is 6.54 Å². The van der Waals surface area contributed by atoms with Gasteiger partial charge in [-0.3, -0.25) is 44.7 Å². The smallest absolute Gasteiger partial charge is 0.241 e. The molecular formula is C95H169N13O. The van der Waals surface area contributed by atoms with Crippen LogP contribution in [0.3, 0.4) is 0 Å². The fourth-order valence-electron chi connectivity index (χ4n) is 8.67. The van der Waals surface area contributed by atoms with Gasteiger partial charge in [-0.05, 0) is 149 Å². The summed E-state index contributed by atoms with van der Waals surface area (Å²) in [4.78, 5) is 28.1. The molecule has 109 heavy (non-hydrogen) atoms. The van der Waals surface area contributed by atoms with E-state index in [9.17, 15) is 4.79 Å². The number of carbonyl (C=O) groups excluding carboxylic acids is 1. The Morgan fingerprint density at radius 2 is 0.872 bits per heavy atom. The van der Waals surface area contributed by atoms with Gasteiger partial charge in [-0.1, -0.05) is 325 Å². The van der Waals surface area contributed by atoms with E-state index in [1.54, 1.807) is 18.6 Å². The maximum atomic E-state index is 11.3. The number of nitrogens with one attached hydrogen (secondary N) is 4. The summed E-state index contributed by atoms with van der Waals surface area (Å²) in [6, 6.07) is 35.3. The molecule has 0 saturated heterocycles. The third-order valence-corrected chi connectivity index (χ3v) is 14.9. The molecule has 0 atom stereocenters. The van der Waals surface area contributed by atoms with Crippen LogP contribution in [0.4, 0.5) is 0 Å². The van der Waals surface area contributed by atoms with Crippen LogP contribution in [0.1, 0.15) is 387 Å². The highest BCUT2D eigenvalue weighted by atomic mass is 16.2. The van der Waals surface area contributed by atoms with Gasteiger partial charge in [0, 0.05) is 108 Å². The first kappa shape index (κ1) is 114. The maximum absolute atomic E-state index is 11.3. The Hall–Kier alpha value is -7.87. The lowest BCUT2D eigenvalue weighted by Gasteiger charge is -2.18. The predicted octanol–water partition coefficient (Wildman–Crippen LogP) is 27.7. The molecule has 0 radical (unpaired) electrons. The van der Waals surface area contributed by atoms with Crippen molar-refractivity contribution in [2.45, 2.75) is 367 Å². The Kier molecular flexibility index (Phi) is 74.0. The third kappa shape index (κ3) is 56.1. The van der Waals surface area contributed by atoms with Crippen LogP contribution in [0.25, 0.3) is 0 Å². The van der Waals surface area contributed by atoms with Crippen molar-refractivity contribution in [1.82, 2.24) is 65.6 Å². The molecule has 0 saturated carbocycles. The van der Waals surface area contributed by atoms with Crippen molar-refractivity contribution in [3.05, 3.63) is 227 Å². The number of aromatic nitrogens is 12. The van der Waals surface area contributed by atoms with Crippen molar-refractivity contribution in [2.24, 2.45) is 0 Å². The normalized spacial score (nSPS) is 11.0. The zero-order valence-corrected chi connectivity index (χ0v) is 77.8. The second kappa shape index (κ2) is 70.5. The molecule has 0 spiro atoms. The van der Waals surface area contributed by atoms with Crippen molar-refractivity contribution in [1.29, 1.82) is 0 Å². The van der Waals surface area contributed by atoms with Gasteiger partial charge in [0.25, 0.3) is 0 Å². The number of hydrogen-bond acceptors (Lipinski definition) is 9. The minimum atomic E-state index is 0.0576. The maximum Gasteiger partial charge on any atom is 0.241 e. The summed E-state index contributed by atoms with van der Waals surface area (Å²) in [7, 11) is 0. The van der Waals surface area contributed by atoms with Gasteiger partial charge in [-0.25, -0.2) is 0 Å². The molecule has 0 bridgehead atoms. The summed E-state index contributed by atoms with van der Waals surface area (Å²) in [5.41, 5.74) is 16.1. The number of pyridine rings is 4. The van der Waals surface area contributed by atoms with Crippen LogP contribution in [0.2, 0.25) is 0 Å². The van der Waals surface area contributed by atoms with Gasteiger partial charge in [-0.15, -0.1) is 0 Å². The summed E-state index contributed by atoms with van der Waals surface area (Å²) in [6.45, 7) is 84.8. The molecule has 11 rings (SSSR count). The SMILES string of the molecule is CC.CC.CC.CC.CC.CC.CC.CC.CC.CC(C)(C)c1ccccc1.CC(C)(C)c1ccn[nH]1.CC(C)(C)c1ccn[nH]1.CC(C)(C)c1cn[nH]c1.CC(C)c1cc2n(n1)CC(=O)NCC2.CC(C)c1ccc2c(n1)CCCC2.CC(C)c1ccccn1.CC(C)c1cccnc1.CC(C)c1ccncc1. The van der Waals surface area contributed by atoms with E-state index in [-0.39, 0.29) is 22.2 Å². The van der Waals surface area contributed by atoms with Crippen molar-refractivity contribution < 1.29 is 4.79 Å². The Labute approximate surface area is 672 Å². The van der Waals surface area contributed by atoms with Gasteiger partial charge in [-0.2, -0.15) is 20.4 Å². The predicted molar refractivity (Wildman–Crippen MR) is 482 cm³/mol. The lowest BCUT2D eigenvalue weighted by molar-refractivity contribution is -0.121. The molecule has 9 aromatic rings. The molecule has 2 aliphatic rings. The fraction of sp³-hybridized carbons (Fsp3) is 0.589. The highest BCUT2D eigenvalue weighted by Crippen LogP contribution is 2.25. The van der Waals surface area contributed by atoms with Gasteiger partial charge >= 0.3 is 0 Å². The number of aryl methyl sites for hydroxylation is 2. The number of benzene rings is 1. The minimum Gasteiger partial charge on any atom is -0.354 e. The van der Waals surface area contributed by atoms with E-state index in [4.69, 9.17) is 4.98 Å². The zero-order valence-electron chi connectivity index (χ0n) is 77.8. The second-order valence-electron chi connectivity index (χ2n) is 28.8. The van der Waals surface area contributed by atoms with Crippen LogP contribution in [-0.4, -0.2) is 72.8 Å². The van der Waals surface area contributed by atoms with E-state index in [1.807, 2.05) is 215 Å². The monoisotopic (exact) mass is 1510 g/mol. The van der Waals surface area contributed by atoms with Crippen LogP contribution in [-0.2, 0) is 52.3 Å². The Morgan fingerprint density at radius 1 is 0.394 bits per heavy atom. The van der Waals surface area contributed by atoms with Crippen molar-refractivity contribution >= 4 is 5.91 Å². The van der Waals surface area contributed by atoms with E-state index in [0.29, 0.717) is 41.5 Å². The Morgan fingerprint density at radius 3 is 1.20 bits per heavy atom. The van der Waals surface area contributed by atoms with E-state index < -0.39 is 0 Å². The number of hydrogen-bond donors (Lipinski definition) is 4. The van der Waals surface area contributed by atoms with Gasteiger partial charge in [0.15, 0.2) is 0 Å². The highest BCUT2D eigenvalue weighted by Gasteiger charge is 2.18. The molecular weight excluding hydrogens is 1340 g/mol. The molecule has 620 valence electrons. The molecule has 8 aromatic heterocycles. The summed E-state index contributed by atoms with van der Waals surface area (Å²) in [5.74, 6) is 2.81. The second-order valence-corrected chi connectivity index (χ2v) is 28.8. The largest absolute Gasteiger partial charge is 0.354 e. The number of aromatic amines is 3. The molecule has 4 N–H and O–H groups in total.